The summed E-state index contributed by atoms with van der Waals surface area (Å²) in [5.74, 6) is 0.0819. The number of halogens is 3. The van der Waals surface area contributed by atoms with Crippen molar-refractivity contribution in [1.82, 2.24) is 15.0 Å². The third-order valence-corrected chi connectivity index (χ3v) is 5.48. The highest BCUT2D eigenvalue weighted by Crippen LogP contribution is 2.37. The Labute approximate surface area is 146 Å². The SMILES string of the molecule is FC(F)(F)c1csc(C2CCN(c3ccnc4cccnc34)CC2)n1. The van der Waals surface area contributed by atoms with Crippen molar-refractivity contribution < 1.29 is 13.2 Å². The van der Waals surface area contributed by atoms with Crippen LogP contribution in [-0.4, -0.2) is 28.0 Å². The number of hydrogen-bond acceptors (Lipinski definition) is 5. The van der Waals surface area contributed by atoms with Crippen molar-refractivity contribution in [3.63, 3.8) is 0 Å². The highest BCUT2D eigenvalue weighted by atomic mass is 32.1. The van der Waals surface area contributed by atoms with E-state index in [9.17, 15) is 13.2 Å². The van der Waals surface area contributed by atoms with Crippen LogP contribution in [0.5, 0.6) is 0 Å². The maximum atomic E-state index is 12.7. The number of anilines is 1. The van der Waals surface area contributed by atoms with E-state index in [1.54, 1.807) is 12.4 Å². The lowest BCUT2D eigenvalue weighted by Gasteiger charge is -2.33. The number of aromatic nitrogens is 3. The van der Waals surface area contributed by atoms with Gasteiger partial charge in [0.05, 0.1) is 16.2 Å². The summed E-state index contributed by atoms with van der Waals surface area (Å²) >= 11 is 1.11. The van der Waals surface area contributed by atoms with Crippen molar-refractivity contribution in [1.29, 1.82) is 0 Å². The Morgan fingerprint density at radius 1 is 1.08 bits per heavy atom. The minimum atomic E-state index is -4.36. The Balaban J connectivity index is 1.50. The summed E-state index contributed by atoms with van der Waals surface area (Å²) < 4.78 is 38.2. The Kier molecular flexibility index (Phi) is 4.07. The predicted octanol–water partition coefficient (Wildman–Crippen LogP) is 4.49. The summed E-state index contributed by atoms with van der Waals surface area (Å²) in [6, 6.07) is 5.72. The fourth-order valence-electron chi connectivity index (χ4n) is 3.19. The molecule has 1 fully saturated rings. The highest BCUT2D eigenvalue weighted by Gasteiger charge is 2.35. The molecule has 4 rings (SSSR count). The molecule has 1 aliphatic rings. The van der Waals surface area contributed by atoms with Gasteiger partial charge in [0.1, 0.15) is 5.52 Å². The van der Waals surface area contributed by atoms with Gasteiger partial charge in [-0.15, -0.1) is 11.3 Å². The first-order valence-corrected chi connectivity index (χ1v) is 8.87. The minimum absolute atomic E-state index is 0.0819. The average Bonchev–Trinajstić information content (AvgIpc) is 3.12. The van der Waals surface area contributed by atoms with Crippen LogP contribution in [0.15, 0.2) is 36.0 Å². The van der Waals surface area contributed by atoms with Gasteiger partial charge in [0, 0.05) is 36.8 Å². The molecule has 3 aromatic rings. The fourth-order valence-corrected chi connectivity index (χ4v) is 4.19. The normalized spacial score (nSPS) is 16.5. The molecule has 25 heavy (non-hydrogen) atoms. The molecular formula is C17H15F3N4S. The van der Waals surface area contributed by atoms with E-state index in [0.717, 1.165) is 59.4 Å². The number of nitrogens with zero attached hydrogens (tertiary/aromatic N) is 4. The van der Waals surface area contributed by atoms with Crippen molar-refractivity contribution >= 4 is 28.1 Å². The minimum Gasteiger partial charge on any atom is -0.370 e. The Morgan fingerprint density at radius 2 is 1.88 bits per heavy atom. The summed E-state index contributed by atoms with van der Waals surface area (Å²) in [6.07, 6.45) is 0.705. The number of pyridine rings is 2. The van der Waals surface area contributed by atoms with Crippen molar-refractivity contribution in [2.45, 2.75) is 24.9 Å². The summed E-state index contributed by atoms with van der Waals surface area (Å²) in [5, 5.41) is 1.70. The van der Waals surface area contributed by atoms with E-state index >= 15 is 0 Å². The second-order valence-corrected chi connectivity index (χ2v) is 6.92. The molecule has 0 unspecified atom stereocenters. The van der Waals surface area contributed by atoms with Crippen LogP contribution in [0.1, 0.15) is 29.5 Å². The third kappa shape index (κ3) is 3.18. The first kappa shape index (κ1) is 16.3. The first-order valence-electron chi connectivity index (χ1n) is 7.99. The topological polar surface area (TPSA) is 41.9 Å². The quantitative estimate of drug-likeness (QED) is 0.672. The second kappa shape index (κ2) is 6.25. The van der Waals surface area contributed by atoms with Crippen LogP contribution in [0.4, 0.5) is 18.9 Å². The Morgan fingerprint density at radius 3 is 2.60 bits per heavy atom. The molecule has 1 saturated heterocycles. The zero-order valence-corrected chi connectivity index (χ0v) is 14.0. The molecule has 0 amide bonds. The lowest BCUT2D eigenvalue weighted by atomic mass is 9.97. The van der Waals surface area contributed by atoms with Gasteiger partial charge < -0.3 is 4.90 Å². The van der Waals surface area contributed by atoms with Gasteiger partial charge in [0.25, 0.3) is 0 Å². The Bertz CT molecular complexity index is 879. The van der Waals surface area contributed by atoms with Gasteiger partial charge in [0.2, 0.25) is 0 Å². The van der Waals surface area contributed by atoms with Crippen molar-refractivity contribution in [2.24, 2.45) is 0 Å². The maximum Gasteiger partial charge on any atom is 0.434 e. The molecule has 0 N–H and O–H groups in total. The zero-order valence-electron chi connectivity index (χ0n) is 13.2. The average molecular weight is 364 g/mol. The van der Waals surface area contributed by atoms with Crippen LogP contribution in [0, 0.1) is 0 Å². The first-order chi connectivity index (χ1) is 12.0. The number of fused-ring (bicyclic) bond motifs is 1. The molecule has 0 radical (unpaired) electrons. The standard InChI is InChI=1S/C17H15F3N4S/c18-17(19,20)14-10-25-16(23-14)11-4-8-24(9-5-11)13-3-7-21-12-2-1-6-22-15(12)13/h1-3,6-7,10-11H,4-5,8-9H2. The van der Waals surface area contributed by atoms with Gasteiger partial charge in [-0.25, -0.2) is 4.98 Å². The molecule has 1 aliphatic heterocycles. The van der Waals surface area contributed by atoms with Gasteiger partial charge >= 0.3 is 6.18 Å². The molecule has 0 aromatic carbocycles. The highest BCUT2D eigenvalue weighted by molar-refractivity contribution is 7.09. The molecule has 0 bridgehead atoms. The van der Waals surface area contributed by atoms with Gasteiger partial charge in [-0.3, -0.25) is 9.97 Å². The molecule has 130 valence electrons. The second-order valence-electron chi connectivity index (χ2n) is 6.03. The van der Waals surface area contributed by atoms with Gasteiger partial charge in [-0.1, -0.05) is 0 Å². The largest absolute Gasteiger partial charge is 0.434 e. The summed E-state index contributed by atoms with van der Waals surface area (Å²) in [4.78, 5) is 14.8. The maximum absolute atomic E-state index is 12.7. The van der Waals surface area contributed by atoms with E-state index in [1.807, 2.05) is 18.2 Å². The van der Waals surface area contributed by atoms with Gasteiger partial charge in [-0.05, 0) is 31.0 Å². The summed E-state index contributed by atoms with van der Waals surface area (Å²) in [7, 11) is 0. The van der Waals surface area contributed by atoms with E-state index in [2.05, 4.69) is 19.9 Å². The van der Waals surface area contributed by atoms with Crippen molar-refractivity contribution in [3.05, 3.63) is 46.7 Å². The summed E-state index contributed by atoms with van der Waals surface area (Å²) in [5.41, 5.74) is 1.95. The molecule has 0 atom stereocenters. The summed E-state index contributed by atoms with van der Waals surface area (Å²) in [6.45, 7) is 1.53. The van der Waals surface area contributed by atoms with Crippen LogP contribution < -0.4 is 4.90 Å². The molecule has 4 heterocycles. The molecule has 3 aromatic heterocycles. The number of piperidine rings is 1. The van der Waals surface area contributed by atoms with Crippen molar-refractivity contribution in [2.75, 3.05) is 18.0 Å². The smallest absolute Gasteiger partial charge is 0.370 e. The molecule has 0 aliphatic carbocycles. The number of rotatable bonds is 2. The molecule has 8 heteroatoms. The monoisotopic (exact) mass is 364 g/mol. The third-order valence-electron chi connectivity index (χ3n) is 4.47. The number of hydrogen-bond donors (Lipinski definition) is 0. The van der Waals surface area contributed by atoms with E-state index in [0.29, 0.717) is 5.01 Å². The van der Waals surface area contributed by atoms with Crippen LogP contribution >= 0.6 is 11.3 Å². The molecular weight excluding hydrogens is 349 g/mol. The van der Waals surface area contributed by atoms with Crippen LogP contribution in [0.25, 0.3) is 11.0 Å². The lowest BCUT2D eigenvalue weighted by Crippen LogP contribution is -2.33. The lowest BCUT2D eigenvalue weighted by molar-refractivity contribution is -0.140. The zero-order chi connectivity index (χ0) is 17.4. The molecule has 0 spiro atoms. The molecule has 4 nitrogen and oxygen atoms in total. The Hall–Kier alpha value is -2.22. The van der Waals surface area contributed by atoms with Gasteiger partial charge in [0.15, 0.2) is 5.69 Å². The number of thiazole rings is 1. The van der Waals surface area contributed by atoms with E-state index < -0.39 is 11.9 Å². The fraction of sp³-hybridized carbons (Fsp3) is 0.353. The van der Waals surface area contributed by atoms with Gasteiger partial charge in [-0.2, -0.15) is 13.2 Å². The van der Waals surface area contributed by atoms with E-state index in [1.165, 1.54) is 0 Å². The number of alkyl halides is 3. The molecule has 0 saturated carbocycles. The van der Waals surface area contributed by atoms with Crippen LogP contribution in [0.3, 0.4) is 0 Å². The van der Waals surface area contributed by atoms with Crippen LogP contribution in [0.2, 0.25) is 0 Å². The van der Waals surface area contributed by atoms with Crippen molar-refractivity contribution in [3.8, 4) is 0 Å². The predicted molar refractivity (Wildman–Crippen MR) is 90.8 cm³/mol. The van der Waals surface area contributed by atoms with Crippen LogP contribution in [-0.2, 0) is 6.18 Å². The van der Waals surface area contributed by atoms with E-state index in [4.69, 9.17) is 0 Å². The van der Waals surface area contributed by atoms with E-state index in [-0.39, 0.29) is 5.92 Å².